The third kappa shape index (κ3) is 4.47. The van der Waals surface area contributed by atoms with Gasteiger partial charge in [0.15, 0.2) is 0 Å². The molecule has 0 bridgehead atoms. The van der Waals surface area contributed by atoms with Crippen molar-refractivity contribution in [2.75, 3.05) is 19.6 Å². The molecule has 5 atom stereocenters. The fourth-order valence-electron chi connectivity index (χ4n) is 7.06. The fraction of sp³-hybridized carbons (Fsp3) is 0.667. The molecule has 5 N–H and O–H groups in total. The van der Waals surface area contributed by atoms with Crippen molar-refractivity contribution in [1.82, 2.24) is 15.5 Å². The second kappa shape index (κ2) is 9.53. The molecule has 198 valence electrons. The van der Waals surface area contributed by atoms with Gasteiger partial charge in [-0.2, -0.15) is 0 Å². The maximum atomic E-state index is 14.2. The van der Waals surface area contributed by atoms with E-state index >= 15 is 0 Å². The average Bonchev–Trinajstić information content (AvgIpc) is 3.13. The van der Waals surface area contributed by atoms with Crippen LogP contribution in [-0.4, -0.2) is 53.0 Å². The van der Waals surface area contributed by atoms with Gasteiger partial charge in [0.2, 0.25) is 11.8 Å². The van der Waals surface area contributed by atoms with Crippen molar-refractivity contribution < 1.29 is 19.5 Å². The molecule has 3 unspecified atom stereocenters. The Labute approximate surface area is 218 Å². The normalized spacial score (nSPS) is 32.8. The maximum absolute atomic E-state index is 14.2. The maximum Gasteiger partial charge on any atom is 0.315 e. The summed E-state index contributed by atoms with van der Waals surface area (Å²) in [5.41, 5.74) is 4.25. The smallest absolute Gasteiger partial charge is 0.315 e. The summed E-state index contributed by atoms with van der Waals surface area (Å²) in [6, 6.07) is 6.97. The Morgan fingerprint density at radius 2 is 1.83 bits per heavy atom. The number of carbonyl (C=O) groups excluding carboxylic acids is 3. The predicted molar refractivity (Wildman–Crippen MR) is 138 cm³/mol. The van der Waals surface area contributed by atoms with E-state index in [1.807, 2.05) is 44.7 Å². The van der Waals surface area contributed by atoms with Crippen LogP contribution in [0.4, 0.5) is 4.79 Å². The van der Waals surface area contributed by atoms with Crippen LogP contribution in [0.25, 0.3) is 0 Å². The number of nitrogens with two attached hydrogens (primary N) is 1. The summed E-state index contributed by atoms with van der Waals surface area (Å²) < 4.78 is 0. The van der Waals surface area contributed by atoms with Crippen molar-refractivity contribution >= 4 is 29.4 Å². The van der Waals surface area contributed by atoms with Gasteiger partial charge in [-0.25, -0.2) is 4.79 Å². The lowest BCUT2D eigenvalue weighted by Crippen LogP contribution is -2.65. The van der Waals surface area contributed by atoms with Crippen LogP contribution >= 0.6 is 11.6 Å². The molecule has 36 heavy (non-hydrogen) atoms. The lowest BCUT2D eigenvalue weighted by atomic mass is 9.65. The molecule has 1 saturated carbocycles. The van der Waals surface area contributed by atoms with Gasteiger partial charge in [0.25, 0.3) is 0 Å². The van der Waals surface area contributed by atoms with Crippen LogP contribution in [0.15, 0.2) is 24.3 Å². The summed E-state index contributed by atoms with van der Waals surface area (Å²) >= 11 is 6.07. The number of primary amides is 1. The minimum atomic E-state index is -1.12. The first-order valence-electron chi connectivity index (χ1n) is 12.9. The second-order valence-corrected chi connectivity index (χ2v) is 12.3. The molecule has 2 saturated heterocycles. The van der Waals surface area contributed by atoms with Gasteiger partial charge < -0.3 is 26.4 Å². The van der Waals surface area contributed by atoms with Gasteiger partial charge in [-0.3, -0.25) is 9.59 Å². The van der Waals surface area contributed by atoms with Crippen molar-refractivity contribution in [2.24, 2.45) is 34.8 Å². The van der Waals surface area contributed by atoms with Crippen LogP contribution < -0.4 is 16.4 Å². The number of nitrogens with one attached hydrogen (secondary N) is 2. The van der Waals surface area contributed by atoms with Crippen molar-refractivity contribution in [3.05, 3.63) is 34.9 Å². The lowest BCUT2D eigenvalue weighted by molar-refractivity contribution is -0.161. The highest BCUT2D eigenvalue weighted by molar-refractivity contribution is 6.30. The Morgan fingerprint density at radius 3 is 2.39 bits per heavy atom. The Bertz CT molecular complexity index is 1030. The van der Waals surface area contributed by atoms with Crippen LogP contribution in [0, 0.1) is 29.1 Å². The first kappa shape index (κ1) is 26.7. The summed E-state index contributed by atoms with van der Waals surface area (Å²) in [6.45, 7) is 9.19. The number of hydrogen-bond donors (Lipinski definition) is 4. The minimum absolute atomic E-state index is 0.0402. The third-order valence-electron chi connectivity index (χ3n) is 9.03. The van der Waals surface area contributed by atoms with E-state index in [0.29, 0.717) is 50.3 Å². The molecule has 3 fully saturated rings. The van der Waals surface area contributed by atoms with E-state index in [1.54, 1.807) is 12.1 Å². The third-order valence-corrected chi connectivity index (χ3v) is 9.28. The number of carbonyl (C=O) groups is 3. The number of likely N-dealkylation sites (tertiary alicyclic amines) is 1. The van der Waals surface area contributed by atoms with E-state index in [9.17, 15) is 19.5 Å². The molecule has 1 aromatic rings. The number of benzene rings is 1. The van der Waals surface area contributed by atoms with Gasteiger partial charge in [0.05, 0.1) is 5.60 Å². The van der Waals surface area contributed by atoms with E-state index in [4.69, 9.17) is 17.3 Å². The molecule has 1 aliphatic carbocycles. The van der Waals surface area contributed by atoms with Crippen molar-refractivity contribution in [1.29, 1.82) is 0 Å². The molecule has 1 spiro atoms. The molecule has 0 aromatic heterocycles. The van der Waals surface area contributed by atoms with Crippen LogP contribution in [0.2, 0.25) is 5.02 Å². The highest BCUT2D eigenvalue weighted by atomic mass is 35.5. The highest BCUT2D eigenvalue weighted by Gasteiger charge is 2.58. The average molecular weight is 519 g/mol. The molecular formula is C27H39ClN4O4. The van der Waals surface area contributed by atoms with Crippen LogP contribution in [0.5, 0.6) is 0 Å². The van der Waals surface area contributed by atoms with Gasteiger partial charge in [0.1, 0.15) is 0 Å². The molecule has 1 aromatic carbocycles. The fourth-order valence-corrected chi connectivity index (χ4v) is 7.19. The monoisotopic (exact) mass is 518 g/mol. The number of nitrogens with zero attached hydrogens (tertiary/aromatic N) is 1. The summed E-state index contributed by atoms with van der Waals surface area (Å²) in [6.07, 6.45) is 2.20. The minimum Gasteiger partial charge on any atom is -0.384 e. The molecular weight excluding hydrogens is 480 g/mol. The van der Waals surface area contributed by atoms with E-state index in [2.05, 4.69) is 10.6 Å². The van der Waals surface area contributed by atoms with E-state index < -0.39 is 34.3 Å². The first-order valence-corrected chi connectivity index (χ1v) is 13.3. The van der Waals surface area contributed by atoms with Gasteiger partial charge in [-0.15, -0.1) is 0 Å². The van der Waals surface area contributed by atoms with E-state index in [0.717, 1.165) is 5.56 Å². The Kier molecular flexibility index (Phi) is 7.07. The summed E-state index contributed by atoms with van der Waals surface area (Å²) in [5, 5.41) is 18.3. The van der Waals surface area contributed by atoms with Gasteiger partial charge in [-0.05, 0) is 49.3 Å². The largest absolute Gasteiger partial charge is 0.384 e. The number of urea groups is 1. The summed E-state index contributed by atoms with van der Waals surface area (Å²) in [7, 11) is 0. The molecule has 4 rings (SSSR count). The summed E-state index contributed by atoms with van der Waals surface area (Å²) in [5.74, 6) is -1.87. The zero-order chi connectivity index (χ0) is 26.5. The Hall–Kier alpha value is -2.32. The van der Waals surface area contributed by atoms with E-state index in [-0.39, 0.29) is 23.8 Å². The quantitative estimate of drug-likeness (QED) is 0.478. The van der Waals surface area contributed by atoms with Crippen LogP contribution in [0.3, 0.4) is 0 Å². The Morgan fingerprint density at radius 1 is 1.17 bits per heavy atom. The summed E-state index contributed by atoms with van der Waals surface area (Å²) in [4.78, 5) is 41.0. The first-order chi connectivity index (χ1) is 16.8. The lowest BCUT2D eigenvalue weighted by Gasteiger charge is -2.52. The zero-order valence-electron chi connectivity index (χ0n) is 21.6. The molecule has 2 aliphatic heterocycles. The molecule has 2 heterocycles. The SMILES string of the molecule is CC(C)[C@@H](C(=O)N1CC[C@](O)(c2ccc(Cl)cc2)C(C)(C)C1)C1C(C(N)=O)CCC12CCNC(=O)N2. The number of piperidine rings is 1. The number of aliphatic hydroxyl groups is 1. The molecule has 9 heteroatoms. The standard InChI is InChI=1S/C27H39ClN4O4/c1-16(2)20(21-19(22(29)33)9-10-26(21)11-13-30-24(35)31-26)23(34)32-14-12-27(36,25(3,4)15-32)17-5-7-18(28)8-6-17/h5-8,16,19-21,36H,9-15H2,1-4H3,(H2,29,33)(H2,30,31,35)/t19?,20-,21?,26?,27+/m1/s1. The number of rotatable bonds is 5. The number of halogens is 1. The number of amides is 4. The Balaban J connectivity index is 1.64. The molecule has 4 amide bonds. The number of hydrogen-bond acceptors (Lipinski definition) is 4. The van der Waals surface area contributed by atoms with E-state index in [1.165, 1.54) is 0 Å². The van der Waals surface area contributed by atoms with Gasteiger partial charge >= 0.3 is 6.03 Å². The highest BCUT2D eigenvalue weighted by Crippen LogP contribution is 2.51. The topological polar surface area (TPSA) is 125 Å². The van der Waals surface area contributed by atoms with Crippen molar-refractivity contribution in [3.8, 4) is 0 Å². The molecule has 0 radical (unpaired) electrons. The second-order valence-electron chi connectivity index (χ2n) is 11.9. The van der Waals surface area contributed by atoms with Crippen LogP contribution in [-0.2, 0) is 15.2 Å². The molecule has 3 aliphatic rings. The molecule has 8 nitrogen and oxygen atoms in total. The van der Waals surface area contributed by atoms with Crippen molar-refractivity contribution in [2.45, 2.75) is 64.5 Å². The zero-order valence-corrected chi connectivity index (χ0v) is 22.4. The van der Waals surface area contributed by atoms with Gasteiger partial charge in [-0.1, -0.05) is 51.4 Å². The van der Waals surface area contributed by atoms with Crippen LogP contribution in [0.1, 0.15) is 58.9 Å². The van der Waals surface area contributed by atoms with Crippen molar-refractivity contribution in [3.63, 3.8) is 0 Å². The van der Waals surface area contributed by atoms with Gasteiger partial charge in [0, 0.05) is 53.4 Å². The predicted octanol–water partition coefficient (Wildman–Crippen LogP) is 3.01.